The molecule has 0 aliphatic carbocycles. The Morgan fingerprint density at radius 3 is 2.48 bits per heavy atom. The predicted octanol–water partition coefficient (Wildman–Crippen LogP) is 1.31. The molecule has 5 N–H and O–H groups in total. The molecule has 0 fully saturated rings. The predicted molar refractivity (Wildman–Crippen MR) is 82.1 cm³/mol. The first-order valence-corrected chi connectivity index (χ1v) is 8.10. The Morgan fingerprint density at radius 2 is 1.78 bits per heavy atom. The van der Waals surface area contributed by atoms with Gasteiger partial charge in [0.2, 0.25) is 10.0 Å². The molecule has 1 aliphatic heterocycles. The first-order chi connectivity index (χ1) is 10.7. The first kappa shape index (κ1) is 15.0. The summed E-state index contributed by atoms with van der Waals surface area (Å²) in [6, 6.07) is 6.25. The molecule has 8 nitrogen and oxygen atoms in total. The maximum Gasteiger partial charge on any atom is 0.255 e. The van der Waals surface area contributed by atoms with Crippen LogP contribution < -0.4 is 10.0 Å². The fourth-order valence-corrected chi connectivity index (χ4v) is 3.50. The Balaban J connectivity index is 1.89. The van der Waals surface area contributed by atoms with E-state index < -0.39 is 21.7 Å². The highest BCUT2D eigenvalue weighted by molar-refractivity contribution is 7.92. The average Bonchev–Trinajstić information content (AvgIpc) is 2.77. The van der Waals surface area contributed by atoms with Gasteiger partial charge >= 0.3 is 0 Å². The van der Waals surface area contributed by atoms with Crippen molar-refractivity contribution in [2.45, 2.75) is 5.75 Å². The number of anilines is 2. The van der Waals surface area contributed by atoms with Crippen LogP contribution in [0.15, 0.2) is 30.3 Å². The molecule has 0 unspecified atom stereocenters. The molecule has 9 heteroatoms. The number of amides is 1. The molecule has 2 aromatic rings. The van der Waals surface area contributed by atoms with Crippen LogP contribution in [0, 0.1) is 0 Å². The summed E-state index contributed by atoms with van der Waals surface area (Å²) in [6.45, 7) is 0. The Bertz CT molecular complexity index is 923. The number of nitrogens with one attached hydrogen (secondary N) is 2. The molecule has 3 rings (SSSR count). The number of phenols is 3. The van der Waals surface area contributed by atoms with Crippen molar-refractivity contribution >= 4 is 27.3 Å². The molecule has 1 aliphatic rings. The van der Waals surface area contributed by atoms with Gasteiger partial charge in [0.05, 0.1) is 11.4 Å². The summed E-state index contributed by atoms with van der Waals surface area (Å²) in [6.07, 6.45) is 0. The number of aromatic hydroxyl groups is 3. The van der Waals surface area contributed by atoms with Gasteiger partial charge in [-0.25, -0.2) is 8.42 Å². The van der Waals surface area contributed by atoms with E-state index in [1.165, 1.54) is 18.2 Å². The van der Waals surface area contributed by atoms with Crippen molar-refractivity contribution in [3.63, 3.8) is 0 Å². The summed E-state index contributed by atoms with van der Waals surface area (Å²) >= 11 is 0. The Kier molecular flexibility index (Phi) is 3.29. The lowest BCUT2D eigenvalue weighted by molar-refractivity contribution is 0.102. The SMILES string of the molecule is O=C(Nc1ccc(O)c(O)c1)c1cc(O)c2c(c1)CS(=O)(=O)N2. The third kappa shape index (κ3) is 2.86. The highest BCUT2D eigenvalue weighted by Gasteiger charge is 2.27. The van der Waals surface area contributed by atoms with Gasteiger partial charge in [-0.1, -0.05) is 0 Å². The molecule has 1 amide bonds. The maximum atomic E-state index is 12.2. The van der Waals surface area contributed by atoms with Gasteiger partial charge in [-0.2, -0.15) is 0 Å². The molecule has 0 aromatic heterocycles. The molecule has 0 saturated carbocycles. The van der Waals surface area contributed by atoms with Gasteiger partial charge in [-0.3, -0.25) is 9.52 Å². The Morgan fingerprint density at radius 1 is 1.04 bits per heavy atom. The van der Waals surface area contributed by atoms with E-state index in [2.05, 4.69) is 10.0 Å². The molecule has 0 spiro atoms. The summed E-state index contributed by atoms with van der Waals surface area (Å²) < 4.78 is 25.2. The van der Waals surface area contributed by atoms with Crippen molar-refractivity contribution in [1.29, 1.82) is 0 Å². The van der Waals surface area contributed by atoms with Gasteiger partial charge in [0.25, 0.3) is 5.91 Å². The topological polar surface area (TPSA) is 136 Å². The molecule has 120 valence electrons. The Labute approximate surface area is 131 Å². The second kappa shape index (κ2) is 5.06. The molecule has 0 bridgehead atoms. The number of benzene rings is 2. The van der Waals surface area contributed by atoms with Crippen LogP contribution in [0.3, 0.4) is 0 Å². The third-order valence-corrected chi connectivity index (χ3v) is 4.50. The normalized spacial score (nSPS) is 14.8. The summed E-state index contributed by atoms with van der Waals surface area (Å²) in [7, 11) is -3.54. The zero-order chi connectivity index (χ0) is 16.8. The van der Waals surface area contributed by atoms with E-state index in [0.717, 1.165) is 12.1 Å². The lowest BCUT2D eigenvalue weighted by Gasteiger charge is -2.09. The van der Waals surface area contributed by atoms with Crippen LogP contribution in [0.25, 0.3) is 0 Å². The second-order valence-electron chi connectivity index (χ2n) is 5.05. The van der Waals surface area contributed by atoms with Crippen LogP contribution in [-0.4, -0.2) is 29.6 Å². The van der Waals surface area contributed by atoms with E-state index in [9.17, 15) is 28.5 Å². The highest BCUT2D eigenvalue weighted by Crippen LogP contribution is 2.36. The van der Waals surface area contributed by atoms with Gasteiger partial charge < -0.3 is 20.6 Å². The van der Waals surface area contributed by atoms with Crippen LogP contribution in [0.4, 0.5) is 11.4 Å². The molecule has 0 saturated heterocycles. The zero-order valence-corrected chi connectivity index (χ0v) is 12.4. The third-order valence-electron chi connectivity index (χ3n) is 3.30. The summed E-state index contributed by atoms with van der Waals surface area (Å²) in [5.74, 6) is -1.99. The lowest BCUT2D eigenvalue weighted by atomic mass is 10.1. The number of fused-ring (bicyclic) bond motifs is 1. The van der Waals surface area contributed by atoms with Crippen LogP contribution in [-0.2, 0) is 15.8 Å². The van der Waals surface area contributed by atoms with E-state index in [1.807, 2.05) is 0 Å². The Hall–Kier alpha value is -2.94. The van der Waals surface area contributed by atoms with Crippen molar-refractivity contribution in [3.05, 3.63) is 41.5 Å². The highest BCUT2D eigenvalue weighted by atomic mass is 32.2. The number of hydrogen-bond acceptors (Lipinski definition) is 6. The van der Waals surface area contributed by atoms with Gasteiger partial charge in [0.15, 0.2) is 11.5 Å². The maximum absolute atomic E-state index is 12.2. The number of hydrogen-bond donors (Lipinski definition) is 5. The molecule has 1 heterocycles. The number of sulfonamides is 1. The van der Waals surface area contributed by atoms with Crippen molar-refractivity contribution in [1.82, 2.24) is 0 Å². The quantitative estimate of drug-likeness (QED) is 0.414. The standard InChI is InChI=1S/C14H12N2O6S/c17-10-2-1-9(5-11(10)18)15-14(20)7-3-8-6-23(21,22)16-13(8)12(19)4-7/h1-5,16-19H,6H2,(H,15,20). The van der Waals surface area contributed by atoms with Crippen molar-refractivity contribution in [2.24, 2.45) is 0 Å². The molecule has 0 atom stereocenters. The largest absolute Gasteiger partial charge is 0.506 e. The fourth-order valence-electron chi connectivity index (χ4n) is 2.25. The van der Waals surface area contributed by atoms with E-state index in [4.69, 9.17) is 0 Å². The van der Waals surface area contributed by atoms with E-state index in [0.29, 0.717) is 5.56 Å². The van der Waals surface area contributed by atoms with E-state index >= 15 is 0 Å². The van der Waals surface area contributed by atoms with Crippen molar-refractivity contribution in [3.8, 4) is 17.2 Å². The molecular formula is C14H12N2O6S. The van der Waals surface area contributed by atoms with Gasteiger partial charge in [0.1, 0.15) is 5.75 Å². The number of carbonyl (C=O) groups excluding carboxylic acids is 1. The molecular weight excluding hydrogens is 324 g/mol. The molecule has 23 heavy (non-hydrogen) atoms. The van der Waals surface area contributed by atoms with Crippen molar-refractivity contribution in [2.75, 3.05) is 10.0 Å². The smallest absolute Gasteiger partial charge is 0.255 e. The lowest BCUT2D eigenvalue weighted by Crippen LogP contribution is -2.12. The molecule has 2 aromatic carbocycles. The number of carbonyl (C=O) groups is 1. The van der Waals surface area contributed by atoms with E-state index in [-0.39, 0.29) is 34.2 Å². The first-order valence-electron chi connectivity index (χ1n) is 6.45. The summed E-state index contributed by atoms with van der Waals surface area (Å²) in [5, 5.41) is 31.0. The monoisotopic (exact) mass is 336 g/mol. The van der Waals surface area contributed by atoms with Crippen molar-refractivity contribution < 1.29 is 28.5 Å². The minimum absolute atomic E-state index is 0.0627. The van der Waals surface area contributed by atoms with E-state index in [1.54, 1.807) is 0 Å². The fraction of sp³-hybridized carbons (Fsp3) is 0.0714. The minimum atomic E-state index is -3.54. The number of rotatable bonds is 2. The molecule has 0 radical (unpaired) electrons. The zero-order valence-electron chi connectivity index (χ0n) is 11.6. The van der Waals surface area contributed by atoms with Gasteiger partial charge in [0, 0.05) is 17.3 Å². The van der Waals surface area contributed by atoms with Crippen LogP contribution in [0.5, 0.6) is 17.2 Å². The number of phenolic OH excluding ortho intramolecular Hbond substituents is 3. The van der Waals surface area contributed by atoms with Gasteiger partial charge in [-0.05, 0) is 29.8 Å². The van der Waals surface area contributed by atoms with Crippen LogP contribution in [0.1, 0.15) is 15.9 Å². The van der Waals surface area contributed by atoms with Crippen LogP contribution in [0.2, 0.25) is 0 Å². The summed E-state index contributed by atoms with van der Waals surface area (Å²) in [5.41, 5.74) is 0.663. The van der Waals surface area contributed by atoms with Crippen LogP contribution >= 0.6 is 0 Å². The second-order valence-corrected chi connectivity index (χ2v) is 6.77. The average molecular weight is 336 g/mol. The minimum Gasteiger partial charge on any atom is -0.506 e. The van der Waals surface area contributed by atoms with Gasteiger partial charge in [-0.15, -0.1) is 0 Å². The summed E-state index contributed by atoms with van der Waals surface area (Å²) in [4.78, 5) is 12.2.